The molecule has 4 nitrogen and oxygen atoms in total. The van der Waals surface area contributed by atoms with Crippen LogP contribution in [0.15, 0.2) is 48.5 Å². The molecule has 24 heavy (non-hydrogen) atoms. The first-order valence-corrected chi connectivity index (χ1v) is 8.73. The number of aliphatic hydroxyl groups excluding tert-OH is 1. The van der Waals surface area contributed by atoms with Gasteiger partial charge in [0.25, 0.3) is 0 Å². The van der Waals surface area contributed by atoms with Crippen molar-refractivity contribution >= 4 is 11.0 Å². The van der Waals surface area contributed by atoms with E-state index in [1.807, 2.05) is 18.2 Å². The maximum Gasteiger partial charge on any atom is 0.141 e. The molecule has 1 saturated heterocycles. The lowest BCUT2D eigenvalue weighted by atomic mass is 10.1. The molecule has 2 aromatic carbocycles. The van der Waals surface area contributed by atoms with Crippen LogP contribution in [0.1, 0.15) is 18.4 Å². The highest BCUT2D eigenvalue weighted by Crippen LogP contribution is 2.25. The van der Waals surface area contributed by atoms with Gasteiger partial charge in [0.15, 0.2) is 0 Å². The van der Waals surface area contributed by atoms with Crippen LogP contribution in [-0.2, 0) is 13.1 Å². The summed E-state index contributed by atoms with van der Waals surface area (Å²) in [7, 11) is 0. The first-order valence-electron chi connectivity index (χ1n) is 8.73. The van der Waals surface area contributed by atoms with Gasteiger partial charge >= 0.3 is 0 Å². The second kappa shape index (κ2) is 6.75. The third-order valence-electron chi connectivity index (χ3n) is 4.80. The number of fused-ring (bicyclic) bond motifs is 1. The number of rotatable bonds is 5. The SMILES string of the molecule is OCCn1c(-c2ccc(CN3CCCC3)cc2)nc2ccccc21. The molecule has 2 heterocycles. The van der Waals surface area contributed by atoms with E-state index in [4.69, 9.17) is 4.98 Å². The van der Waals surface area contributed by atoms with Crippen LogP contribution in [0, 0.1) is 0 Å². The number of imidazole rings is 1. The van der Waals surface area contributed by atoms with Gasteiger partial charge in [-0.1, -0.05) is 36.4 Å². The standard InChI is InChI=1S/C20H23N3O/c24-14-13-23-19-6-2-1-5-18(19)21-20(23)17-9-7-16(8-10-17)15-22-11-3-4-12-22/h1-2,5-10,24H,3-4,11-15H2. The van der Waals surface area contributed by atoms with Crippen LogP contribution in [-0.4, -0.2) is 39.3 Å². The van der Waals surface area contributed by atoms with Crippen LogP contribution < -0.4 is 0 Å². The summed E-state index contributed by atoms with van der Waals surface area (Å²) >= 11 is 0. The Morgan fingerprint density at radius 3 is 2.46 bits per heavy atom. The molecular formula is C20H23N3O. The lowest BCUT2D eigenvalue weighted by Crippen LogP contribution is -2.18. The molecule has 1 aromatic heterocycles. The molecule has 0 saturated carbocycles. The molecule has 0 aliphatic carbocycles. The Hall–Kier alpha value is -2.17. The largest absolute Gasteiger partial charge is 0.395 e. The first-order chi connectivity index (χ1) is 11.8. The average Bonchev–Trinajstić information content (AvgIpc) is 3.24. The summed E-state index contributed by atoms with van der Waals surface area (Å²) in [4.78, 5) is 7.29. The minimum Gasteiger partial charge on any atom is -0.395 e. The molecule has 3 aromatic rings. The van der Waals surface area contributed by atoms with Crippen molar-refractivity contribution < 1.29 is 5.11 Å². The summed E-state index contributed by atoms with van der Waals surface area (Å²) in [5.41, 5.74) is 4.50. The number of para-hydroxylation sites is 2. The predicted molar refractivity (Wildman–Crippen MR) is 96.8 cm³/mol. The van der Waals surface area contributed by atoms with E-state index >= 15 is 0 Å². The average molecular weight is 321 g/mol. The molecule has 0 amide bonds. The number of hydrogen-bond acceptors (Lipinski definition) is 3. The lowest BCUT2D eigenvalue weighted by Gasteiger charge is -2.14. The van der Waals surface area contributed by atoms with Crippen molar-refractivity contribution in [2.75, 3.05) is 19.7 Å². The van der Waals surface area contributed by atoms with Gasteiger partial charge in [-0.25, -0.2) is 4.98 Å². The fourth-order valence-electron chi connectivity index (χ4n) is 3.58. The van der Waals surface area contributed by atoms with Crippen molar-refractivity contribution in [2.45, 2.75) is 25.9 Å². The van der Waals surface area contributed by atoms with Gasteiger partial charge in [0.05, 0.1) is 17.6 Å². The van der Waals surface area contributed by atoms with Crippen LogP contribution >= 0.6 is 0 Å². The van der Waals surface area contributed by atoms with E-state index in [0.29, 0.717) is 6.54 Å². The van der Waals surface area contributed by atoms with Gasteiger partial charge in [0.2, 0.25) is 0 Å². The van der Waals surface area contributed by atoms with E-state index in [9.17, 15) is 5.11 Å². The fourth-order valence-corrected chi connectivity index (χ4v) is 3.58. The van der Waals surface area contributed by atoms with Gasteiger partial charge in [-0.2, -0.15) is 0 Å². The molecule has 0 unspecified atom stereocenters. The van der Waals surface area contributed by atoms with Crippen molar-refractivity contribution in [3.8, 4) is 11.4 Å². The predicted octanol–water partition coefficient (Wildman–Crippen LogP) is 3.29. The van der Waals surface area contributed by atoms with Gasteiger partial charge in [0, 0.05) is 18.7 Å². The van der Waals surface area contributed by atoms with Crippen LogP contribution in [0.3, 0.4) is 0 Å². The third-order valence-corrected chi connectivity index (χ3v) is 4.80. The maximum absolute atomic E-state index is 9.42. The molecule has 4 rings (SSSR count). The fraction of sp³-hybridized carbons (Fsp3) is 0.350. The van der Waals surface area contributed by atoms with E-state index in [1.54, 1.807) is 0 Å². The molecule has 0 spiro atoms. The van der Waals surface area contributed by atoms with Gasteiger partial charge < -0.3 is 9.67 Å². The molecule has 1 N–H and O–H groups in total. The van der Waals surface area contributed by atoms with Crippen molar-refractivity contribution in [2.24, 2.45) is 0 Å². The Balaban J connectivity index is 1.65. The summed E-state index contributed by atoms with van der Waals surface area (Å²) in [6.45, 7) is 4.14. The number of hydrogen-bond donors (Lipinski definition) is 1. The normalized spacial score (nSPS) is 15.4. The minimum absolute atomic E-state index is 0.112. The summed E-state index contributed by atoms with van der Waals surface area (Å²) in [6.07, 6.45) is 2.65. The van der Waals surface area contributed by atoms with Crippen LogP contribution in [0.2, 0.25) is 0 Å². The number of benzene rings is 2. The Kier molecular flexibility index (Phi) is 4.32. The molecule has 1 fully saturated rings. The zero-order valence-corrected chi connectivity index (χ0v) is 13.9. The molecule has 0 atom stereocenters. The van der Waals surface area contributed by atoms with Gasteiger partial charge in [-0.05, 0) is 43.6 Å². The monoisotopic (exact) mass is 321 g/mol. The Labute approximate surface area is 142 Å². The molecule has 1 aliphatic rings. The van der Waals surface area contributed by atoms with Crippen molar-refractivity contribution in [1.29, 1.82) is 0 Å². The third kappa shape index (κ3) is 2.95. The second-order valence-electron chi connectivity index (χ2n) is 6.48. The van der Waals surface area contributed by atoms with Gasteiger partial charge in [0.1, 0.15) is 5.82 Å². The lowest BCUT2D eigenvalue weighted by molar-refractivity contribution is 0.278. The Morgan fingerprint density at radius 1 is 0.958 bits per heavy atom. The van der Waals surface area contributed by atoms with E-state index in [1.165, 1.54) is 31.5 Å². The van der Waals surface area contributed by atoms with Crippen molar-refractivity contribution in [3.05, 3.63) is 54.1 Å². The van der Waals surface area contributed by atoms with E-state index in [-0.39, 0.29) is 6.61 Å². The number of likely N-dealkylation sites (tertiary alicyclic amines) is 1. The van der Waals surface area contributed by atoms with Crippen molar-refractivity contribution in [1.82, 2.24) is 14.5 Å². The number of aromatic nitrogens is 2. The maximum atomic E-state index is 9.42. The molecule has 0 radical (unpaired) electrons. The van der Waals surface area contributed by atoms with Crippen LogP contribution in [0.4, 0.5) is 0 Å². The zero-order valence-electron chi connectivity index (χ0n) is 13.9. The minimum atomic E-state index is 0.112. The zero-order chi connectivity index (χ0) is 16.4. The summed E-state index contributed by atoms with van der Waals surface area (Å²) in [5, 5.41) is 9.42. The topological polar surface area (TPSA) is 41.3 Å². The molecule has 4 heteroatoms. The summed E-state index contributed by atoms with van der Waals surface area (Å²) in [5.74, 6) is 0.929. The van der Waals surface area contributed by atoms with Crippen LogP contribution in [0.5, 0.6) is 0 Å². The first kappa shape index (κ1) is 15.4. The number of nitrogens with zero attached hydrogens (tertiary/aromatic N) is 3. The Morgan fingerprint density at radius 2 is 1.71 bits per heavy atom. The highest BCUT2D eigenvalue weighted by molar-refractivity contribution is 5.80. The Bertz CT molecular complexity index is 817. The van der Waals surface area contributed by atoms with E-state index in [2.05, 4.69) is 39.8 Å². The van der Waals surface area contributed by atoms with Crippen molar-refractivity contribution in [3.63, 3.8) is 0 Å². The highest BCUT2D eigenvalue weighted by atomic mass is 16.3. The molecule has 124 valence electrons. The highest BCUT2D eigenvalue weighted by Gasteiger charge is 2.14. The molecular weight excluding hydrogens is 298 g/mol. The van der Waals surface area contributed by atoms with E-state index in [0.717, 1.165) is 29.0 Å². The molecule has 1 aliphatic heterocycles. The van der Waals surface area contributed by atoms with Gasteiger partial charge in [-0.3, -0.25) is 4.90 Å². The van der Waals surface area contributed by atoms with Gasteiger partial charge in [-0.15, -0.1) is 0 Å². The summed E-state index contributed by atoms with van der Waals surface area (Å²) < 4.78 is 2.10. The second-order valence-corrected chi connectivity index (χ2v) is 6.48. The van der Waals surface area contributed by atoms with E-state index < -0.39 is 0 Å². The smallest absolute Gasteiger partial charge is 0.141 e. The van der Waals surface area contributed by atoms with Crippen LogP contribution in [0.25, 0.3) is 22.4 Å². The summed E-state index contributed by atoms with van der Waals surface area (Å²) in [6, 6.07) is 16.8. The quantitative estimate of drug-likeness (QED) is 0.784. The molecule has 0 bridgehead atoms. The number of aliphatic hydroxyl groups is 1.